The molecule has 4 heteroatoms. The van der Waals surface area contributed by atoms with Crippen LogP contribution in [-0.4, -0.2) is 18.1 Å². The number of rotatable bonds is 1. The SMILES string of the molecule is Clc1ccc(C2CNC2)c(Cl)n1. The van der Waals surface area contributed by atoms with Crippen LogP contribution in [0.2, 0.25) is 10.3 Å². The van der Waals surface area contributed by atoms with Gasteiger partial charge in [0.25, 0.3) is 0 Å². The quantitative estimate of drug-likeness (QED) is 0.706. The number of nitrogens with zero attached hydrogens (tertiary/aromatic N) is 1. The number of hydrogen-bond donors (Lipinski definition) is 1. The average Bonchev–Trinajstić information content (AvgIpc) is 1.91. The summed E-state index contributed by atoms with van der Waals surface area (Å²) in [6, 6.07) is 3.73. The lowest BCUT2D eigenvalue weighted by molar-refractivity contribution is 0.447. The Balaban J connectivity index is 2.31. The third-order valence-corrected chi connectivity index (χ3v) is 2.58. The van der Waals surface area contributed by atoms with Crippen molar-refractivity contribution < 1.29 is 0 Å². The predicted molar refractivity (Wildman–Crippen MR) is 49.9 cm³/mol. The van der Waals surface area contributed by atoms with Gasteiger partial charge in [-0.05, 0) is 11.6 Å². The number of aromatic nitrogens is 1. The minimum Gasteiger partial charge on any atom is -0.315 e. The van der Waals surface area contributed by atoms with Crippen LogP contribution in [0, 0.1) is 0 Å². The molecule has 0 spiro atoms. The Kier molecular flexibility index (Phi) is 2.22. The van der Waals surface area contributed by atoms with E-state index in [-0.39, 0.29) is 0 Å². The van der Waals surface area contributed by atoms with Crippen LogP contribution in [0.5, 0.6) is 0 Å². The van der Waals surface area contributed by atoms with E-state index in [4.69, 9.17) is 23.2 Å². The molecule has 0 bridgehead atoms. The summed E-state index contributed by atoms with van der Waals surface area (Å²) < 4.78 is 0. The van der Waals surface area contributed by atoms with Crippen LogP contribution in [0.25, 0.3) is 0 Å². The van der Waals surface area contributed by atoms with Gasteiger partial charge in [-0.15, -0.1) is 0 Å². The van der Waals surface area contributed by atoms with Gasteiger partial charge < -0.3 is 5.32 Å². The molecule has 2 nitrogen and oxygen atoms in total. The molecule has 1 aliphatic rings. The minimum absolute atomic E-state index is 0.455. The molecule has 0 aliphatic carbocycles. The molecule has 0 atom stereocenters. The van der Waals surface area contributed by atoms with Crippen molar-refractivity contribution in [1.29, 1.82) is 0 Å². The molecule has 0 amide bonds. The van der Waals surface area contributed by atoms with Gasteiger partial charge in [0.1, 0.15) is 10.3 Å². The zero-order chi connectivity index (χ0) is 8.55. The zero-order valence-electron chi connectivity index (χ0n) is 6.35. The standard InChI is InChI=1S/C8H8Cl2N2/c9-7-2-1-6(8(10)12-7)5-3-11-4-5/h1-2,5,11H,3-4H2. The van der Waals surface area contributed by atoms with E-state index in [2.05, 4.69) is 10.3 Å². The molecule has 1 aliphatic heterocycles. The molecule has 2 heterocycles. The normalized spacial score (nSPS) is 17.5. The molecule has 1 aromatic heterocycles. The molecule has 0 saturated carbocycles. The first-order valence-corrected chi connectivity index (χ1v) is 4.55. The Bertz CT molecular complexity index is 297. The first-order valence-electron chi connectivity index (χ1n) is 3.80. The highest BCUT2D eigenvalue weighted by atomic mass is 35.5. The predicted octanol–water partition coefficient (Wildman–Crippen LogP) is 2.08. The molecular weight excluding hydrogens is 195 g/mol. The third-order valence-electron chi connectivity index (χ3n) is 2.06. The molecule has 1 fully saturated rings. The average molecular weight is 203 g/mol. The number of nitrogens with one attached hydrogen (secondary N) is 1. The Hall–Kier alpha value is -0.310. The van der Waals surface area contributed by atoms with Gasteiger partial charge in [0.05, 0.1) is 0 Å². The number of halogens is 2. The molecule has 0 radical (unpaired) electrons. The van der Waals surface area contributed by atoms with Gasteiger partial charge in [-0.3, -0.25) is 0 Å². The minimum atomic E-state index is 0.455. The maximum absolute atomic E-state index is 5.91. The van der Waals surface area contributed by atoms with Crippen LogP contribution in [0.1, 0.15) is 11.5 Å². The van der Waals surface area contributed by atoms with Crippen LogP contribution in [-0.2, 0) is 0 Å². The van der Waals surface area contributed by atoms with Crippen LogP contribution >= 0.6 is 23.2 Å². The van der Waals surface area contributed by atoms with Crippen molar-refractivity contribution in [2.24, 2.45) is 0 Å². The molecule has 12 heavy (non-hydrogen) atoms. The van der Waals surface area contributed by atoms with Crippen LogP contribution in [0.4, 0.5) is 0 Å². The lowest BCUT2D eigenvalue weighted by atomic mass is 9.95. The molecule has 64 valence electrons. The smallest absolute Gasteiger partial charge is 0.134 e. The zero-order valence-corrected chi connectivity index (χ0v) is 7.86. The van der Waals surface area contributed by atoms with E-state index in [1.165, 1.54) is 0 Å². The summed E-state index contributed by atoms with van der Waals surface area (Å²) in [5.74, 6) is 0.516. The highest BCUT2D eigenvalue weighted by molar-refractivity contribution is 6.32. The second-order valence-corrected chi connectivity index (χ2v) is 3.61. The Labute approximate surface area is 80.9 Å². The maximum atomic E-state index is 5.91. The van der Waals surface area contributed by atoms with Crippen molar-refractivity contribution in [2.45, 2.75) is 5.92 Å². The molecule has 0 unspecified atom stereocenters. The first-order chi connectivity index (χ1) is 5.77. The van der Waals surface area contributed by atoms with Crippen LogP contribution in [0.3, 0.4) is 0 Å². The fraction of sp³-hybridized carbons (Fsp3) is 0.375. The molecule has 1 N–H and O–H groups in total. The van der Waals surface area contributed by atoms with E-state index in [0.29, 0.717) is 16.2 Å². The molecule has 0 aromatic carbocycles. The van der Waals surface area contributed by atoms with Crippen molar-refractivity contribution >= 4 is 23.2 Å². The van der Waals surface area contributed by atoms with Gasteiger partial charge in [-0.2, -0.15) is 0 Å². The third kappa shape index (κ3) is 1.42. The van der Waals surface area contributed by atoms with Crippen LogP contribution < -0.4 is 5.32 Å². The Morgan fingerprint density at radius 2 is 2.08 bits per heavy atom. The summed E-state index contributed by atoms with van der Waals surface area (Å²) in [5.41, 5.74) is 1.10. The Morgan fingerprint density at radius 3 is 2.58 bits per heavy atom. The lowest BCUT2D eigenvalue weighted by Gasteiger charge is -2.27. The van der Waals surface area contributed by atoms with Gasteiger partial charge in [0.15, 0.2) is 0 Å². The van der Waals surface area contributed by atoms with Gasteiger partial charge in [0, 0.05) is 19.0 Å². The Morgan fingerprint density at radius 1 is 1.33 bits per heavy atom. The first kappa shape index (κ1) is 8.30. The van der Waals surface area contributed by atoms with E-state index < -0.39 is 0 Å². The second kappa shape index (κ2) is 3.21. The van der Waals surface area contributed by atoms with Crippen molar-refractivity contribution in [3.8, 4) is 0 Å². The maximum Gasteiger partial charge on any atom is 0.134 e. The van der Waals surface area contributed by atoms with Crippen molar-refractivity contribution in [1.82, 2.24) is 10.3 Å². The van der Waals surface area contributed by atoms with Gasteiger partial charge >= 0.3 is 0 Å². The summed E-state index contributed by atoms with van der Waals surface area (Å²) in [5, 5.41) is 4.17. The van der Waals surface area contributed by atoms with E-state index >= 15 is 0 Å². The van der Waals surface area contributed by atoms with Gasteiger partial charge in [0.2, 0.25) is 0 Å². The van der Waals surface area contributed by atoms with E-state index in [1.54, 1.807) is 6.07 Å². The number of pyridine rings is 1. The summed E-state index contributed by atoms with van der Waals surface area (Å²) in [7, 11) is 0. The van der Waals surface area contributed by atoms with Crippen LogP contribution in [0.15, 0.2) is 12.1 Å². The molecule has 1 aromatic rings. The lowest BCUT2D eigenvalue weighted by Crippen LogP contribution is -2.40. The second-order valence-electron chi connectivity index (χ2n) is 2.87. The highest BCUT2D eigenvalue weighted by Gasteiger charge is 2.21. The summed E-state index contributed by atoms with van der Waals surface area (Å²) in [6.45, 7) is 1.98. The molecular formula is C8H8Cl2N2. The summed E-state index contributed by atoms with van der Waals surface area (Å²) >= 11 is 11.6. The van der Waals surface area contributed by atoms with E-state index in [1.807, 2.05) is 6.07 Å². The van der Waals surface area contributed by atoms with E-state index in [0.717, 1.165) is 18.7 Å². The topological polar surface area (TPSA) is 24.9 Å². The highest BCUT2D eigenvalue weighted by Crippen LogP contribution is 2.26. The molecule has 2 rings (SSSR count). The molecule has 1 saturated heterocycles. The summed E-state index contributed by atoms with van der Waals surface area (Å²) in [6.07, 6.45) is 0. The van der Waals surface area contributed by atoms with Gasteiger partial charge in [-0.1, -0.05) is 29.3 Å². The van der Waals surface area contributed by atoms with Crippen molar-refractivity contribution in [2.75, 3.05) is 13.1 Å². The van der Waals surface area contributed by atoms with Crippen molar-refractivity contribution in [3.63, 3.8) is 0 Å². The largest absolute Gasteiger partial charge is 0.315 e. The monoisotopic (exact) mass is 202 g/mol. The summed E-state index contributed by atoms with van der Waals surface area (Å²) in [4.78, 5) is 3.98. The van der Waals surface area contributed by atoms with Gasteiger partial charge in [-0.25, -0.2) is 4.98 Å². The number of hydrogen-bond acceptors (Lipinski definition) is 2. The van der Waals surface area contributed by atoms with E-state index in [9.17, 15) is 0 Å². The fourth-order valence-corrected chi connectivity index (χ4v) is 1.74. The van der Waals surface area contributed by atoms with Crippen molar-refractivity contribution in [3.05, 3.63) is 28.0 Å². The fourth-order valence-electron chi connectivity index (χ4n) is 1.24.